The van der Waals surface area contributed by atoms with Crippen LogP contribution in [0.2, 0.25) is 5.02 Å². The number of carbonyl (C=O) groups is 2. The van der Waals surface area contributed by atoms with E-state index in [2.05, 4.69) is 15.0 Å². The number of benzene rings is 2. The summed E-state index contributed by atoms with van der Waals surface area (Å²) in [4.78, 5) is 28.4. The van der Waals surface area contributed by atoms with Gasteiger partial charge in [0.05, 0.1) is 5.69 Å². The molecule has 0 atom stereocenters. The Morgan fingerprint density at radius 3 is 2.55 bits per heavy atom. The average Bonchev–Trinajstić information content (AvgIpc) is 3.12. The molecular formula is C22H19ClF3N3O3S. The predicted octanol–water partition coefficient (Wildman–Crippen LogP) is 5.04. The van der Waals surface area contributed by atoms with Gasteiger partial charge >= 0.3 is 6.36 Å². The second-order valence-electron chi connectivity index (χ2n) is 6.89. The second-order valence-corrected chi connectivity index (χ2v) is 8.16. The van der Waals surface area contributed by atoms with Crippen LogP contribution in [0, 0.1) is 0 Å². The van der Waals surface area contributed by atoms with Crippen molar-refractivity contribution >= 4 is 34.8 Å². The summed E-state index contributed by atoms with van der Waals surface area (Å²) in [6, 6.07) is 11.8. The molecule has 2 aromatic carbocycles. The summed E-state index contributed by atoms with van der Waals surface area (Å²) in [5, 5.41) is 4.88. The van der Waals surface area contributed by atoms with Gasteiger partial charge in [0.1, 0.15) is 5.75 Å². The number of ether oxygens (including phenoxy) is 1. The SMILES string of the molecule is CC(=O)NCCCn1c(-c2ccc(OC(F)(F)F)cc2)cs/c1=N\C(=O)c1cccc(Cl)c1. The monoisotopic (exact) mass is 497 g/mol. The number of alkyl halides is 3. The summed E-state index contributed by atoms with van der Waals surface area (Å²) in [6.07, 6.45) is -4.22. The fraction of sp³-hybridized carbons (Fsp3) is 0.227. The van der Waals surface area contributed by atoms with Gasteiger partial charge in [0.15, 0.2) is 4.80 Å². The number of hydrogen-bond donors (Lipinski definition) is 1. The first kappa shape index (κ1) is 24.5. The Kier molecular flexibility index (Phi) is 7.93. The molecule has 1 aromatic heterocycles. The first-order valence-electron chi connectivity index (χ1n) is 9.76. The molecule has 0 unspecified atom stereocenters. The molecule has 0 aliphatic carbocycles. The van der Waals surface area contributed by atoms with Crippen LogP contribution < -0.4 is 14.9 Å². The summed E-state index contributed by atoms with van der Waals surface area (Å²) in [5.74, 6) is -0.970. The minimum atomic E-state index is -4.78. The number of amides is 2. The molecule has 6 nitrogen and oxygen atoms in total. The maximum absolute atomic E-state index is 12.6. The van der Waals surface area contributed by atoms with Crippen LogP contribution in [0.1, 0.15) is 23.7 Å². The maximum Gasteiger partial charge on any atom is 0.573 e. The number of hydrogen-bond acceptors (Lipinski definition) is 4. The Morgan fingerprint density at radius 1 is 1.18 bits per heavy atom. The second kappa shape index (κ2) is 10.7. The topological polar surface area (TPSA) is 72.7 Å². The Bertz CT molecular complexity index is 1200. The van der Waals surface area contributed by atoms with E-state index in [1.807, 2.05) is 0 Å². The van der Waals surface area contributed by atoms with Crippen LogP contribution in [-0.4, -0.2) is 29.3 Å². The molecule has 1 N–H and O–H groups in total. The van der Waals surface area contributed by atoms with Crippen molar-refractivity contribution in [2.75, 3.05) is 6.54 Å². The first-order valence-corrected chi connectivity index (χ1v) is 11.0. The zero-order valence-corrected chi connectivity index (χ0v) is 18.9. The molecule has 0 saturated carbocycles. The molecule has 33 heavy (non-hydrogen) atoms. The maximum atomic E-state index is 12.6. The van der Waals surface area contributed by atoms with Gasteiger partial charge in [-0.3, -0.25) is 9.59 Å². The Balaban J connectivity index is 1.94. The van der Waals surface area contributed by atoms with Gasteiger partial charge < -0.3 is 14.6 Å². The lowest BCUT2D eigenvalue weighted by Gasteiger charge is -2.11. The molecule has 0 spiro atoms. The lowest BCUT2D eigenvalue weighted by atomic mass is 10.1. The van der Waals surface area contributed by atoms with Crippen molar-refractivity contribution in [2.24, 2.45) is 4.99 Å². The summed E-state index contributed by atoms with van der Waals surface area (Å²) in [6.45, 7) is 2.25. The lowest BCUT2D eigenvalue weighted by Crippen LogP contribution is -2.24. The van der Waals surface area contributed by atoms with Crippen LogP contribution in [0.3, 0.4) is 0 Å². The molecule has 0 saturated heterocycles. The third-order valence-corrected chi connectivity index (χ3v) is 5.48. The van der Waals surface area contributed by atoms with Crippen molar-refractivity contribution in [1.82, 2.24) is 9.88 Å². The quantitative estimate of drug-likeness (QED) is 0.465. The van der Waals surface area contributed by atoms with E-state index in [0.717, 1.165) is 0 Å². The van der Waals surface area contributed by atoms with Crippen LogP contribution in [-0.2, 0) is 11.3 Å². The summed E-state index contributed by atoms with van der Waals surface area (Å²) in [7, 11) is 0. The van der Waals surface area contributed by atoms with Crippen molar-refractivity contribution in [1.29, 1.82) is 0 Å². The summed E-state index contributed by atoms with van der Waals surface area (Å²) in [5.41, 5.74) is 1.62. The molecule has 0 aliphatic heterocycles. The third kappa shape index (κ3) is 7.19. The Morgan fingerprint density at radius 2 is 1.91 bits per heavy atom. The molecule has 2 amide bonds. The van der Waals surface area contributed by atoms with Crippen molar-refractivity contribution < 1.29 is 27.5 Å². The van der Waals surface area contributed by atoms with Crippen molar-refractivity contribution in [3.63, 3.8) is 0 Å². The Hall–Kier alpha value is -3.11. The predicted molar refractivity (Wildman–Crippen MR) is 119 cm³/mol. The number of halogens is 4. The highest BCUT2D eigenvalue weighted by Crippen LogP contribution is 2.27. The number of rotatable bonds is 7. The number of aromatic nitrogens is 1. The van der Waals surface area contributed by atoms with Crippen molar-refractivity contribution in [3.8, 4) is 17.0 Å². The number of nitrogens with one attached hydrogen (secondary N) is 1. The van der Waals surface area contributed by atoms with E-state index in [1.165, 1.54) is 48.6 Å². The van der Waals surface area contributed by atoms with E-state index in [1.54, 1.807) is 28.1 Å². The van der Waals surface area contributed by atoms with Gasteiger partial charge in [-0.15, -0.1) is 24.5 Å². The molecule has 174 valence electrons. The van der Waals surface area contributed by atoms with Crippen LogP contribution in [0.25, 0.3) is 11.3 Å². The standard InChI is InChI=1S/C22H19ClF3N3O3S/c1-14(30)27-10-3-11-29-19(15-6-8-18(9-7-15)32-22(24,25)26)13-33-21(29)28-20(31)16-4-2-5-17(23)12-16/h2,4-9,12-13H,3,10-11H2,1H3,(H,27,30)/b28-21-. The van der Waals surface area contributed by atoms with Crippen LogP contribution >= 0.6 is 22.9 Å². The molecular weight excluding hydrogens is 479 g/mol. The summed E-state index contributed by atoms with van der Waals surface area (Å²) >= 11 is 7.18. The fourth-order valence-electron chi connectivity index (χ4n) is 2.97. The van der Waals surface area contributed by atoms with Gasteiger partial charge in [-0.1, -0.05) is 17.7 Å². The summed E-state index contributed by atoms with van der Waals surface area (Å²) < 4.78 is 43.0. The lowest BCUT2D eigenvalue weighted by molar-refractivity contribution is -0.274. The Labute approximate surface area is 196 Å². The smallest absolute Gasteiger partial charge is 0.406 e. The number of nitrogens with zero attached hydrogens (tertiary/aromatic N) is 2. The van der Waals surface area contributed by atoms with E-state index in [9.17, 15) is 22.8 Å². The average molecular weight is 498 g/mol. The first-order chi connectivity index (χ1) is 15.6. The number of thiazole rings is 1. The van der Waals surface area contributed by atoms with E-state index >= 15 is 0 Å². The zero-order valence-electron chi connectivity index (χ0n) is 17.4. The highest BCUT2D eigenvalue weighted by Gasteiger charge is 2.31. The molecule has 1 heterocycles. The minimum absolute atomic E-state index is 0.160. The van der Waals surface area contributed by atoms with Crippen LogP contribution in [0.15, 0.2) is 58.9 Å². The van der Waals surface area contributed by atoms with Crippen molar-refractivity contribution in [2.45, 2.75) is 26.3 Å². The molecule has 3 rings (SSSR count). The van der Waals surface area contributed by atoms with E-state index in [4.69, 9.17) is 11.6 Å². The largest absolute Gasteiger partial charge is 0.573 e. The van der Waals surface area contributed by atoms with E-state index < -0.39 is 12.3 Å². The van der Waals surface area contributed by atoms with Crippen LogP contribution in [0.5, 0.6) is 5.75 Å². The molecule has 3 aromatic rings. The molecule has 0 aliphatic rings. The van der Waals surface area contributed by atoms with Gasteiger partial charge in [-0.2, -0.15) is 4.99 Å². The van der Waals surface area contributed by atoms with E-state index in [-0.39, 0.29) is 11.7 Å². The van der Waals surface area contributed by atoms with Crippen molar-refractivity contribution in [3.05, 3.63) is 69.3 Å². The third-order valence-electron chi connectivity index (χ3n) is 4.38. The van der Waals surface area contributed by atoms with Gasteiger partial charge in [0, 0.05) is 36.0 Å². The minimum Gasteiger partial charge on any atom is -0.406 e. The van der Waals surface area contributed by atoms with Gasteiger partial charge in [-0.05, 0) is 54.4 Å². The van der Waals surface area contributed by atoms with Crippen LogP contribution in [0.4, 0.5) is 13.2 Å². The normalized spacial score (nSPS) is 12.0. The molecule has 0 fully saturated rings. The molecule has 0 radical (unpaired) electrons. The molecule has 11 heteroatoms. The van der Waals surface area contributed by atoms with Gasteiger partial charge in [0.2, 0.25) is 5.91 Å². The zero-order chi connectivity index (χ0) is 24.0. The number of carbonyl (C=O) groups excluding carboxylic acids is 2. The van der Waals surface area contributed by atoms with Gasteiger partial charge in [0.25, 0.3) is 5.91 Å². The highest BCUT2D eigenvalue weighted by atomic mass is 35.5. The van der Waals surface area contributed by atoms with Gasteiger partial charge in [-0.25, -0.2) is 0 Å². The highest BCUT2D eigenvalue weighted by molar-refractivity contribution is 7.07. The van der Waals surface area contributed by atoms with E-state index in [0.29, 0.717) is 46.2 Å². The molecule has 0 bridgehead atoms. The fourth-order valence-corrected chi connectivity index (χ4v) is 4.09.